The summed E-state index contributed by atoms with van der Waals surface area (Å²) in [5.41, 5.74) is 2.26. The highest BCUT2D eigenvalue weighted by Crippen LogP contribution is 2.12. The quantitative estimate of drug-likeness (QED) is 0.799. The van der Waals surface area contributed by atoms with Gasteiger partial charge in [-0.2, -0.15) is 0 Å². The molecule has 0 spiro atoms. The van der Waals surface area contributed by atoms with E-state index in [1.165, 1.54) is 37.7 Å². The number of aliphatic hydroxyl groups excluding tert-OH is 1. The van der Waals surface area contributed by atoms with Crippen LogP contribution in [0.4, 0.5) is 0 Å². The highest BCUT2D eigenvalue weighted by molar-refractivity contribution is 5.22. The Kier molecular flexibility index (Phi) is 5.43. The average Bonchev–Trinajstić information content (AvgIpc) is 2.38. The molecule has 0 bridgehead atoms. The lowest BCUT2D eigenvalue weighted by Crippen LogP contribution is -2.27. The summed E-state index contributed by atoms with van der Waals surface area (Å²) in [7, 11) is 0. The zero-order chi connectivity index (χ0) is 12.6. The van der Waals surface area contributed by atoms with Crippen molar-refractivity contribution in [1.82, 2.24) is 5.32 Å². The maximum atomic E-state index is 9.00. The molecule has 1 aromatic carbocycles. The molecule has 0 radical (unpaired) electrons. The van der Waals surface area contributed by atoms with Gasteiger partial charge in [0.25, 0.3) is 0 Å². The van der Waals surface area contributed by atoms with Gasteiger partial charge < -0.3 is 10.4 Å². The SMILES string of the molecule is OCc1ccc(CNC2/C=C/CCCCC2)cc1. The molecular weight excluding hydrogens is 222 g/mol. The molecule has 0 saturated carbocycles. The van der Waals surface area contributed by atoms with Crippen molar-refractivity contribution in [3.8, 4) is 0 Å². The first-order valence-electron chi connectivity index (χ1n) is 6.97. The number of allylic oxidation sites excluding steroid dienone is 1. The highest BCUT2D eigenvalue weighted by Gasteiger charge is 2.06. The van der Waals surface area contributed by atoms with Crippen LogP contribution < -0.4 is 5.32 Å². The third-order valence-electron chi connectivity index (χ3n) is 3.53. The minimum atomic E-state index is 0.124. The topological polar surface area (TPSA) is 32.3 Å². The fourth-order valence-electron chi connectivity index (χ4n) is 2.34. The van der Waals surface area contributed by atoms with Crippen molar-refractivity contribution in [3.63, 3.8) is 0 Å². The van der Waals surface area contributed by atoms with Gasteiger partial charge in [0.15, 0.2) is 0 Å². The summed E-state index contributed by atoms with van der Waals surface area (Å²) in [6.07, 6.45) is 11.1. The summed E-state index contributed by atoms with van der Waals surface area (Å²) in [5, 5.41) is 12.6. The van der Waals surface area contributed by atoms with E-state index in [0.29, 0.717) is 6.04 Å². The number of aliphatic hydroxyl groups is 1. The summed E-state index contributed by atoms with van der Waals surface area (Å²) in [4.78, 5) is 0. The number of benzene rings is 1. The fourth-order valence-corrected chi connectivity index (χ4v) is 2.34. The van der Waals surface area contributed by atoms with E-state index in [1.807, 2.05) is 12.1 Å². The van der Waals surface area contributed by atoms with Crippen LogP contribution in [0.2, 0.25) is 0 Å². The molecule has 0 aliphatic heterocycles. The molecule has 0 aromatic heterocycles. The predicted octanol–water partition coefficient (Wildman–Crippen LogP) is 3.16. The lowest BCUT2D eigenvalue weighted by Gasteiger charge is -2.17. The van der Waals surface area contributed by atoms with Crippen LogP contribution in [-0.2, 0) is 13.2 Å². The Bertz CT molecular complexity index is 369. The highest BCUT2D eigenvalue weighted by atomic mass is 16.3. The van der Waals surface area contributed by atoms with Crippen LogP contribution in [0, 0.1) is 0 Å². The van der Waals surface area contributed by atoms with Crippen LogP contribution in [0.15, 0.2) is 36.4 Å². The minimum Gasteiger partial charge on any atom is -0.392 e. The van der Waals surface area contributed by atoms with Crippen molar-refractivity contribution >= 4 is 0 Å². The molecule has 18 heavy (non-hydrogen) atoms. The van der Waals surface area contributed by atoms with Crippen LogP contribution >= 0.6 is 0 Å². The molecule has 2 nitrogen and oxygen atoms in total. The third-order valence-corrected chi connectivity index (χ3v) is 3.53. The van der Waals surface area contributed by atoms with Gasteiger partial charge in [-0.15, -0.1) is 0 Å². The van der Waals surface area contributed by atoms with E-state index >= 15 is 0 Å². The van der Waals surface area contributed by atoms with Gasteiger partial charge in [0.05, 0.1) is 6.61 Å². The molecule has 1 aliphatic rings. The Morgan fingerprint density at radius 3 is 2.61 bits per heavy atom. The van der Waals surface area contributed by atoms with Crippen LogP contribution in [-0.4, -0.2) is 11.1 Å². The zero-order valence-corrected chi connectivity index (χ0v) is 10.9. The van der Waals surface area contributed by atoms with Crippen molar-refractivity contribution in [2.45, 2.75) is 51.3 Å². The van der Waals surface area contributed by atoms with Gasteiger partial charge in [0, 0.05) is 12.6 Å². The van der Waals surface area contributed by atoms with Gasteiger partial charge in [-0.25, -0.2) is 0 Å². The van der Waals surface area contributed by atoms with Gasteiger partial charge in [-0.1, -0.05) is 49.3 Å². The smallest absolute Gasteiger partial charge is 0.0681 e. The summed E-state index contributed by atoms with van der Waals surface area (Å²) < 4.78 is 0. The summed E-state index contributed by atoms with van der Waals surface area (Å²) in [6, 6.07) is 8.68. The maximum absolute atomic E-state index is 9.00. The first kappa shape index (κ1) is 13.3. The summed E-state index contributed by atoms with van der Waals surface area (Å²) in [5.74, 6) is 0. The number of hydrogen-bond acceptors (Lipinski definition) is 2. The lowest BCUT2D eigenvalue weighted by atomic mass is 10.0. The number of nitrogens with one attached hydrogen (secondary N) is 1. The second-order valence-electron chi connectivity index (χ2n) is 5.03. The van der Waals surface area contributed by atoms with E-state index in [0.717, 1.165) is 12.1 Å². The summed E-state index contributed by atoms with van der Waals surface area (Å²) >= 11 is 0. The predicted molar refractivity (Wildman–Crippen MR) is 75.2 cm³/mol. The van der Waals surface area contributed by atoms with Crippen LogP contribution in [0.3, 0.4) is 0 Å². The van der Waals surface area contributed by atoms with Crippen LogP contribution in [0.1, 0.15) is 43.2 Å². The zero-order valence-electron chi connectivity index (χ0n) is 10.9. The molecule has 0 amide bonds. The second kappa shape index (κ2) is 7.34. The molecule has 1 unspecified atom stereocenters. The molecule has 2 N–H and O–H groups in total. The normalized spacial score (nSPS) is 22.2. The third kappa shape index (κ3) is 4.28. The second-order valence-corrected chi connectivity index (χ2v) is 5.03. The van der Waals surface area contributed by atoms with E-state index < -0.39 is 0 Å². The number of rotatable bonds is 4. The Morgan fingerprint density at radius 1 is 1.06 bits per heavy atom. The van der Waals surface area contributed by atoms with Gasteiger partial charge >= 0.3 is 0 Å². The van der Waals surface area contributed by atoms with E-state index in [4.69, 9.17) is 5.11 Å². The minimum absolute atomic E-state index is 0.124. The molecule has 1 atom stereocenters. The molecule has 98 valence electrons. The number of hydrogen-bond donors (Lipinski definition) is 2. The summed E-state index contributed by atoms with van der Waals surface area (Å²) in [6.45, 7) is 1.03. The van der Waals surface area contributed by atoms with Crippen LogP contribution in [0.5, 0.6) is 0 Å². The fraction of sp³-hybridized carbons (Fsp3) is 0.500. The van der Waals surface area contributed by atoms with Crippen molar-refractivity contribution < 1.29 is 5.11 Å². The maximum Gasteiger partial charge on any atom is 0.0681 e. The molecule has 2 heteroatoms. The largest absolute Gasteiger partial charge is 0.392 e. The molecule has 0 saturated heterocycles. The van der Waals surface area contributed by atoms with Gasteiger partial charge in [0.2, 0.25) is 0 Å². The molecular formula is C16H23NO. The van der Waals surface area contributed by atoms with Crippen LogP contribution in [0.25, 0.3) is 0 Å². The Hall–Kier alpha value is -1.12. The molecule has 0 heterocycles. The van der Waals surface area contributed by atoms with Crippen molar-refractivity contribution in [1.29, 1.82) is 0 Å². The Labute approximate surface area is 110 Å². The van der Waals surface area contributed by atoms with Gasteiger partial charge in [0.1, 0.15) is 0 Å². The van der Waals surface area contributed by atoms with Gasteiger partial charge in [-0.05, 0) is 30.4 Å². The molecule has 1 aromatic rings. The first-order chi connectivity index (χ1) is 8.88. The van der Waals surface area contributed by atoms with Crippen molar-refractivity contribution in [2.24, 2.45) is 0 Å². The molecule has 1 aliphatic carbocycles. The van der Waals surface area contributed by atoms with E-state index in [9.17, 15) is 0 Å². The lowest BCUT2D eigenvalue weighted by molar-refractivity contribution is 0.282. The van der Waals surface area contributed by atoms with Gasteiger partial charge in [-0.3, -0.25) is 0 Å². The average molecular weight is 245 g/mol. The molecule has 2 rings (SSSR count). The standard InChI is InChI=1S/C16H23NO/c18-13-15-10-8-14(9-11-15)12-17-16-6-4-2-1-3-5-7-16/h4,6,8-11,16-18H,1-3,5,7,12-13H2/b6-4+. The Morgan fingerprint density at radius 2 is 1.83 bits per heavy atom. The van der Waals surface area contributed by atoms with Crippen molar-refractivity contribution in [2.75, 3.05) is 0 Å². The van der Waals surface area contributed by atoms with E-state index in [-0.39, 0.29) is 6.61 Å². The van der Waals surface area contributed by atoms with Crippen molar-refractivity contribution in [3.05, 3.63) is 47.5 Å². The monoisotopic (exact) mass is 245 g/mol. The molecule has 0 fully saturated rings. The Balaban J connectivity index is 1.83. The first-order valence-corrected chi connectivity index (χ1v) is 6.97. The van der Waals surface area contributed by atoms with E-state index in [2.05, 4.69) is 29.6 Å². The van der Waals surface area contributed by atoms with E-state index in [1.54, 1.807) is 0 Å².